The third kappa shape index (κ3) is 4.27. The van der Waals surface area contributed by atoms with Crippen molar-refractivity contribution >= 4 is 6.29 Å². The van der Waals surface area contributed by atoms with Gasteiger partial charge < -0.3 is 9.90 Å². The second-order valence-electron chi connectivity index (χ2n) is 2.36. The fraction of sp³-hybridized carbons (Fsp3) is 0.625. The van der Waals surface area contributed by atoms with Gasteiger partial charge in [-0.3, -0.25) is 0 Å². The Morgan fingerprint density at radius 3 is 2.70 bits per heavy atom. The summed E-state index contributed by atoms with van der Waals surface area (Å²) in [5, 5.41) is 9.06. The number of aldehydes is 1. The molecule has 0 rings (SSSR count). The van der Waals surface area contributed by atoms with Crippen molar-refractivity contribution < 1.29 is 9.90 Å². The molecule has 10 heavy (non-hydrogen) atoms. The molecule has 0 aliphatic carbocycles. The molecule has 0 aliphatic rings. The molecular formula is C8H14O2. The lowest BCUT2D eigenvalue weighted by Gasteiger charge is -2.00. The van der Waals surface area contributed by atoms with E-state index < -0.39 is 0 Å². The van der Waals surface area contributed by atoms with Crippen LogP contribution in [0.4, 0.5) is 0 Å². The number of carbonyl (C=O) groups is 1. The minimum Gasteiger partial charge on any atom is -0.389 e. The van der Waals surface area contributed by atoms with E-state index in [-0.39, 0.29) is 6.10 Å². The van der Waals surface area contributed by atoms with Crippen molar-refractivity contribution in [2.45, 2.75) is 32.8 Å². The maximum Gasteiger partial charge on any atom is 0.124 e. The Kier molecular flexibility index (Phi) is 4.85. The Labute approximate surface area is 61.6 Å². The zero-order chi connectivity index (χ0) is 7.98. The van der Waals surface area contributed by atoms with E-state index in [1.807, 2.05) is 13.8 Å². The molecule has 0 radical (unpaired) electrons. The number of hydrogen-bond donors (Lipinski definition) is 1. The summed E-state index contributed by atoms with van der Waals surface area (Å²) in [6.07, 6.45) is 3.30. The van der Waals surface area contributed by atoms with Gasteiger partial charge in [-0.15, -0.1) is 0 Å². The molecule has 1 N–H and O–H groups in total. The Morgan fingerprint density at radius 1 is 1.70 bits per heavy atom. The summed E-state index contributed by atoms with van der Waals surface area (Å²) >= 11 is 0. The van der Waals surface area contributed by atoms with Gasteiger partial charge in [0.15, 0.2) is 0 Å². The van der Waals surface area contributed by atoms with E-state index in [1.165, 1.54) is 0 Å². The summed E-state index contributed by atoms with van der Waals surface area (Å²) in [5.41, 5.74) is 0.935. The highest BCUT2D eigenvalue weighted by atomic mass is 16.3. The van der Waals surface area contributed by atoms with Crippen molar-refractivity contribution in [2.75, 3.05) is 0 Å². The van der Waals surface area contributed by atoms with E-state index in [1.54, 1.807) is 6.08 Å². The monoisotopic (exact) mass is 142 g/mol. The Hall–Kier alpha value is -0.630. The minimum atomic E-state index is -0.389. The lowest BCUT2D eigenvalue weighted by atomic mass is 10.1. The van der Waals surface area contributed by atoms with Gasteiger partial charge in [0.1, 0.15) is 6.29 Å². The highest BCUT2D eigenvalue weighted by Gasteiger charge is 1.95. The Morgan fingerprint density at radius 2 is 2.30 bits per heavy atom. The van der Waals surface area contributed by atoms with Crippen molar-refractivity contribution in [3.05, 3.63) is 11.6 Å². The fourth-order valence-corrected chi connectivity index (χ4v) is 0.646. The molecule has 0 aromatic heterocycles. The molecular weight excluding hydrogens is 128 g/mol. The smallest absolute Gasteiger partial charge is 0.124 e. The molecule has 0 aromatic carbocycles. The van der Waals surface area contributed by atoms with E-state index in [9.17, 15) is 4.79 Å². The number of allylic oxidation sites excluding steroid dienone is 1. The summed E-state index contributed by atoms with van der Waals surface area (Å²) in [7, 11) is 0. The summed E-state index contributed by atoms with van der Waals surface area (Å²) in [5.74, 6) is 0. The molecule has 0 fully saturated rings. The summed E-state index contributed by atoms with van der Waals surface area (Å²) < 4.78 is 0. The minimum absolute atomic E-state index is 0.389. The number of carbonyl (C=O) groups excluding carboxylic acids is 1. The molecule has 0 aromatic rings. The maximum absolute atomic E-state index is 9.96. The van der Waals surface area contributed by atoms with Crippen LogP contribution in [0.15, 0.2) is 11.6 Å². The first-order valence-electron chi connectivity index (χ1n) is 3.49. The van der Waals surface area contributed by atoms with E-state index in [2.05, 4.69) is 0 Å². The summed E-state index contributed by atoms with van der Waals surface area (Å²) in [6, 6.07) is 0. The van der Waals surface area contributed by atoms with Gasteiger partial charge in [0.05, 0.1) is 6.10 Å². The van der Waals surface area contributed by atoms with Crippen molar-refractivity contribution in [1.29, 1.82) is 0 Å². The van der Waals surface area contributed by atoms with Crippen molar-refractivity contribution in [3.63, 3.8) is 0 Å². The van der Waals surface area contributed by atoms with Crippen molar-refractivity contribution in [2.24, 2.45) is 0 Å². The van der Waals surface area contributed by atoms with Gasteiger partial charge in [0, 0.05) is 6.42 Å². The zero-order valence-corrected chi connectivity index (χ0v) is 6.50. The molecule has 0 heterocycles. The number of rotatable bonds is 4. The second kappa shape index (κ2) is 5.18. The quantitative estimate of drug-likeness (QED) is 0.474. The van der Waals surface area contributed by atoms with Crippen LogP contribution in [0.2, 0.25) is 0 Å². The van der Waals surface area contributed by atoms with Gasteiger partial charge in [-0.1, -0.05) is 18.6 Å². The van der Waals surface area contributed by atoms with Crippen LogP contribution >= 0.6 is 0 Å². The standard InChI is InChI=1S/C8H14O2/c1-3-8(10)6-7(2)4-5-9/h5-6,8,10H,3-4H2,1-2H3. The van der Waals surface area contributed by atoms with Gasteiger partial charge in [0.25, 0.3) is 0 Å². The molecule has 1 atom stereocenters. The Bertz CT molecular complexity index is 127. The molecule has 58 valence electrons. The highest BCUT2D eigenvalue weighted by Crippen LogP contribution is 2.01. The van der Waals surface area contributed by atoms with E-state index in [0.29, 0.717) is 12.8 Å². The van der Waals surface area contributed by atoms with E-state index in [4.69, 9.17) is 5.11 Å². The maximum atomic E-state index is 9.96. The summed E-state index contributed by atoms with van der Waals surface area (Å²) in [6.45, 7) is 3.74. The third-order valence-electron chi connectivity index (χ3n) is 1.30. The number of aliphatic hydroxyl groups is 1. The second-order valence-corrected chi connectivity index (χ2v) is 2.36. The average Bonchev–Trinajstić information content (AvgIpc) is 1.88. The highest BCUT2D eigenvalue weighted by molar-refractivity contribution is 5.53. The molecule has 0 amide bonds. The lowest BCUT2D eigenvalue weighted by molar-refractivity contribution is -0.107. The first kappa shape index (κ1) is 9.37. The lowest BCUT2D eigenvalue weighted by Crippen LogP contribution is -1.99. The normalized spacial score (nSPS) is 14.9. The van der Waals surface area contributed by atoms with Crippen molar-refractivity contribution in [3.8, 4) is 0 Å². The largest absolute Gasteiger partial charge is 0.389 e. The van der Waals surface area contributed by atoms with Gasteiger partial charge >= 0.3 is 0 Å². The SMILES string of the molecule is CCC(O)C=C(C)CC=O. The van der Waals surface area contributed by atoms with Crippen LogP contribution < -0.4 is 0 Å². The van der Waals surface area contributed by atoms with Crippen LogP contribution in [0.5, 0.6) is 0 Å². The molecule has 0 aliphatic heterocycles. The molecule has 1 unspecified atom stereocenters. The van der Waals surface area contributed by atoms with E-state index in [0.717, 1.165) is 11.9 Å². The average molecular weight is 142 g/mol. The molecule has 0 saturated carbocycles. The zero-order valence-electron chi connectivity index (χ0n) is 6.50. The fourth-order valence-electron chi connectivity index (χ4n) is 0.646. The van der Waals surface area contributed by atoms with Crippen LogP contribution in [-0.4, -0.2) is 17.5 Å². The predicted octanol–water partition coefficient (Wildman–Crippen LogP) is 1.29. The molecule has 2 heteroatoms. The van der Waals surface area contributed by atoms with Gasteiger partial charge in [-0.2, -0.15) is 0 Å². The van der Waals surface area contributed by atoms with Crippen LogP contribution in [0.3, 0.4) is 0 Å². The molecule has 0 spiro atoms. The van der Waals surface area contributed by atoms with Gasteiger partial charge in [0.2, 0.25) is 0 Å². The summed E-state index contributed by atoms with van der Waals surface area (Å²) in [4.78, 5) is 9.96. The number of hydrogen-bond acceptors (Lipinski definition) is 2. The molecule has 0 bridgehead atoms. The molecule has 2 nitrogen and oxygen atoms in total. The first-order chi connectivity index (χ1) is 4.70. The first-order valence-corrected chi connectivity index (χ1v) is 3.49. The topological polar surface area (TPSA) is 37.3 Å². The predicted molar refractivity (Wildman–Crippen MR) is 40.7 cm³/mol. The van der Waals surface area contributed by atoms with Crippen LogP contribution in [0.25, 0.3) is 0 Å². The van der Waals surface area contributed by atoms with Crippen LogP contribution in [0, 0.1) is 0 Å². The van der Waals surface area contributed by atoms with Gasteiger partial charge in [-0.25, -0.2) is 0 Å². The van der Waals surface area contributed by atoms with E-state index >= 15 is 0 Å². The van der Waals surface area contributed by atoms with Gasteiger partial charge in [-0.05, 0) is 13.3 Å². The molecule has 0 saturated heterocycles. The number of aliphatic hydroxyl groups excluding tert-OH is 1. The van der Waals surface area contributed by atoms with Crippen molar-refractivity contribution in [1.82, 2.24) is 0 Å². The Balaban J connectivity index is 3.76. The third-order valence-corrected chi connectivity index (χ3v) is 1.30. The van der Waals surface area contributed by atoms with Crippen LogP contribution in [-0.2, 0) is 4.79 Å². The van der Waals surface area contributed by atoms with Crippen LogP contribution in [0.1, 0.15) is 26.7 Å².